The van der Waals surface area contributed by atoms with Gasteiger partial charge in [0.25, 0.3) is 0 Å². The Hall–Kier alpha value is -0.920. The lowest BCUT2D eigenvalue weighted by atomic mass is 10.3. The summed E-state index contributed by atoms with van der Waals surface area (Å²) in [6, 6.07) is 0. The number of carbonyl (C=O) groups is 2. The van der Waals surface area contributed by atoms with E-state index in [9.17, 15) is 9.59 Å². The molecule has 0 bridgehead atoms. The molecule has 1 aromatic heterocycles. The zero-order valence-corrected chi connectivity index (χ0v) is 9.91. The van der Waals surface area contributed by atoms with Crippen LogP contribution in [0.1, 0.15) is 34.8 Å². The molecule has 0 radical (unpaired) electrons. The molecule has 0 aromatic carbocycles. The Labute approximate surface area is 94.4 Å². The minimum atomic E-state index is -0.489. The van der Waals surface area contributed by atoms with Gasteiger partial charge in [-0.1, -0.05) is 0 Å². The van der Waals surface area contributed by atoms with Crippen molar-refractivity contribution in [1.29, 1.82) is 0 Å². The summed E-state index contributed by atoms with van der Waals surface area (Å²) in [5, 5.41) is 6.22. The lowest BCUT2D eigenvalue weighted by molar-refractivity contribution is 0.0518. The normalized spacial score (nSPS) is 9.93. The lowest BCUT2D eigenvalue weighted by Crippen LogP contribution is -2.07. The molecule has 6 heteroatoms. The molecule has 5 nitrogen and oxygen atoms in total. The van der Waals surface area contributed by atoms with Crippen molar-refractivity contribution in [2.45, 2.75) is 13.8 Å². The van der Waals surface area contributed by atoms with E-state index < -0.39 is 5.97 Å². The topological polar surface area (TPSA) is 72.1 Å². The van der Waals surface area contributed by atoms with Gasteiger partial charge in [0.2, 0.25) is 0 Å². The Morgan fingerprint density at radius 2 is 2.21 bits per heavy atom. The Morgan fingerprint density at radius 1 is 1.57 bits per heavy atom. The van der Waals surface area contributed by atoms with Gasteiger partial charge in [-0.05, 0) is 29.5 Å². The van der Waals surface area contributed by atoms with Gasteiger partial charge in [-0.2, -0.15) is 5.10 Å². The van der Waals surface area contributed by atoms with Crippen molar-refractivity contribution in [2.24, 2.45) is 0 Å². The number of hydrogen-bond donors (Lipinski definition) is 1. The zero-order valence-electron chi connectivity index (χ0n) is 7.76. The van der Waals surface area contributed by atoms with Gasteiger partial charge in [0.1, 0.15) is 5.69 Å². The Bertz CT molecular complexity index is 373. The Morgan fingerprint density at radius 3 is 2.64 bits per heavy atom. The molecule has 0 saturated carbocycles. The SMILES string of the molecule is CCOC(=O)c1[nH]nc(C(C)=O)c1I. The summed E-state index contributed by atoms with van der Waals surface area (Å²) in [4.78, 5) is 22.3. The number of nitrogens with zero attached hydrogens (tertiary/aromatic N) is 1. The van der Waals surface area contributed by atoms with Crippen molar-refractivity contribution in [2.75, 3.05) is 6.61 Å². The van der Waals surface area contributed by atoms with Crippen LogP contribution in [0.3, 0.4) is 0 Å². The predicted molar refractivity (Wildman–Crippen MR) is 57.3 cm³/mol. The minimum absolute atomic E-state index is 0.179. The van der Waals surface area contributed by atoms with Crippen LogP contribution >= 0.6 is 22.6 Å². The monoisotopic (exact) mass is 308 g/mol. The number of nitrogens with one attached hydrogen (secondary N) is 1. The molecule has 0 unspecified atom stereocenters. The molecule has 14 heavy (non-hydrogen) atoms. The van der Waals surface area contributed by atoms with Crippen LogP contribution in [0.15, 0.2) is 0 Å². The van der Waals surface area contributed by atoms with Crippen LogP contribution in [0, 0.1) is 3.57 Å². The number of H-pyrrole nitrogens is 1. The molecule has 1 rings (SSSR count). The largest absolute Gasteiger partial charge is 0.461 e. The van der Waals surface area contributed by atoms with E-state index in [1.54, 1.807) is 6.92 Å². The molecular weight excluding hydrogens is 299 g/mol. The fourth-order valence-electron chi connectivity index (χ4n) is 0.900. The molecule has 0 fully saturated rings. The minimum Gasteiger partial charge on any atom is -0.461 e. The molecule has 76 valence electrons. The number of esters is 1. The number of carbonyl (C=O) groups excluding carboxylic acids is 2. The van der Waals surface area contributed by atoms with Crippen molar-refractivity contribution in [3.05, 3.63) is 15.0 Å². The number of ketones is 1. The summed E-state index contributed by atoms with van der Waals surface area (Å²) in [6.07, 6.45) is 0. The summed E-state index contributed by atoms with van der Waals surface area (Å²) >= 11 is 1.89. The van der Waals surface area contributed by atoms with E-state index in [1.165, 1.54) is 6.92 Å². The van der Waals surface area contributed by atoms with E-state index in [4.69, 9.17) is 4.74 Å². The highest BCUT2D eigenvalue weighted by Crippen LogP contribution is 2.15. The van der Waals surface area contributed by atoms with Crippen molar-refractivity contribution in [1.82, 2.24) is 10.2 Å². The van der Waals surface area contributed by atoms with Crippen LogP contribution in [0.5, 0.6) is 0 Å². The highest BCUT2D eigenvalue weighted by Gasteiger charge is 2.19. The molecule has 0 aliphatic rings. The number of Topliss-reactive ketones (excluding diaryl/α,β-unsaturated/α-hetero) is 1. The molecule has 0 saturated heterocycles. The third kappa shape index (κ3) is 2.11. The highest BCUT2D eigenvalue weighted by molar-refractivity contribution is 14.1. The Balaban J connectivity index is 3.00. The fraction of sp³-hybridized carbons (Fsp3) is 0.375. The van der Waals surface area contributed by atoms with Crippen LogP contribution in [0.2, 0.25) is 0 Å². The lowest BCUT2D eigenvalue weighted by Gasteiger charge is -1.98. The van der Waals surface area contributed by atoms with E-state index in [0.29, 0.717) is 10.2 Å². The van der Waals surface area contributed by atoms with Crippen LogP contribution in [-0.4, -0.2) is 28.6 Å². The van der Waals surface area contributed by atoms with E-state index in [-0.39, 0.29) is 17.2 Å². The summed E-state index contributed by atoms with van der Waals surface area (Å²) in [5.74, 6) is -0.668. The summed E-state index contributed by atoms with van der Waals surface area (Å²) < 4.78 is 5.28. The zero-order chi connectivity index (χ0) is 10.7. The van der Waals surface area contributed by atoms with Gasteiger partial charge in [0.15, 0.2) is 11.5 Å². The standard InChI is InChI=1S/C8H9IN2O3/c1-3-14-8(13)7-5(9)6(4(2)12)10-11-7/h3H2,1-2H3,(H,10,11). The maximum Gasteiger partial charge on any atom is 0.357 e. The third-order valence-corrected chi connectivity index (χ3v) is 2.57. The molecule has 0 aliphatic carbocycles. The quantitative estimate of drug-likeness (QED) is 0.520. The number of aromatic amines is 1. The predicted octanol–water partition coefficient (Wildman–Crippen LogP) is 1.39. The van der Waals surface area contributed by atoms with Gasteiger partial charge in [-0.3, -0.25) is 9.89 Å². The number of aromatic nitrogens is 2. The average molecular weight is 308 g/mol. The van der Waals surface area contributed by atoms with E-state index >= 15 is 0 Å². The molecule has 1 aromatic rings. The fourth-order valence-corrected chi connectivity index (χ4v) is 1.74. The van der Waals surface area contributed by atoms with Gasteiger partial charge in [0.05, 0.1) is 10.2 Å². The first kappa shape index (κ1) is 11.2. The molecule has 0 spiro atoms. The van der Waals surface area contributed by atoms with Gasteiger partial charge < -0.3 is 4.74 Å². The van der Waals surface area contributed by atoms with Crippen LogP contribution in [0.25, 0.3) is 0 Å². The smallest absolute Gasteiger partial charge is 0.357 e. The second-order valence-corrected chi connectivity index (χ2v) is 3.62. The van der Waals surface area contributed by atoms with Crippen LogP contribution < -0.4 is 0 Å². The number of ether oxygens (including phenoxy) is 1. The first-order chi connectivity index (χ1) is 6.57. The number of hydrogen-bond acceptors (Lipinski definition) is 4. The summed E-state index contributed by atoms with van der Waals surface area (Å²) in [5.41, 5.74) is 0.506. The van der Waals surface area contributed by atoms with Gasteiger partial charge in [-0.15, -0.1) is 0 Å². The molecular formula is C8H9IN2O3. The summed E-state index contributed by atoms with van der Waals surface area (Å²) in [6.45, 7) is 3.41. The van der Waals surface area contributed by atoms with Crippen molar-refractivity contribution in [3.8, 4) is 0 Å². The van der Waals surface area contributed by atoms with E-state index in [1.807, 2.05) is 22.6 Å². The second kappa shape index (κ2) is 4.54. The van der Waals surface area contributed by atoms with E-state index in [0.717, 1.165) is 0 Å². The van der Waals surface area contributed by atoms with E-state index in [2.05, 4.69) is 10.2 Å². The Kier molecular flexibility index (Phi) is 3.62. The van der Waals surface area contributed by atoms with Crippen molar-refractivity contribution in [3.63, 3.8) is 0 Å². The molecule has 0 atom stereocenters. The molecule has 1 heterocycles. The van der Waals surface area contributed by atoms with Crippen LogP contribution in [-0.2, 0) is 4.74 Å². The molecule has 0 aliphatic heterocycles. The maximum absolute atomic E-state index is 11.3. The first-order valence-corrected chi connectivity index (χ1v) is 5.07. The maximum atomic E-state index is 11.3. The van der Waals surface area contributed by atoms with Gasteiger partial charge in [0, 0.05) is 6.92 Å². The van der Waals surface area contributed by atoms with Gasteiger partial charge >= 0.3 is 5.97 Å². The van der Waals surface area contributed by atoms with Gasteiger partial charge in [-0.25, -0.2) is 4.79 Å². The molecule has 0 amide bonds. The first-order valence-electron chi connectivity index (χ1n) is 3.99. The molecule has 1 N–H and O–H groups in total. The second-order valence-electron chi connectivity index (χ2n) is 2.54. The summed E-state index contributed by atoms with van der Waals surface area (Å²) in [7, 11) is 0. The van der Waals surface area contributed by atoms with Crippen molar-refractivity contribution >= 4 is 34.3 Å². The number of halogens is 1. The van der Waals surface area contributed by atoms with Crippen molar-refractivity contribution < 1.29 is 14.3 Å². The third-order valence-electron chi connectivity index (χ3n) is 1.52. The average Bonchev–Trinajstić information content (AvgIpc) is 2.47. The van der Waals surface area contributed by atoms with Crippen LogP contribution in [0.4, 0.5) is 0 Å². The number of rotatable bonds is 3. The highest BCUT2D eigenvalue weighted by atomic mass is 127.